The molecule has 5 rings (SSSR count). The Morgan fingerprint density at radius 3 is 2.75 bits per heavy atom. The zero-order valence-electron chi connectivity index (χ0n) is 18.0. The number of amides is 2. The summed E-state index contributed by atoms with van der Waals surface area (Å²) in [5.74, 6) is 2.47. The molecular formula is C22H23ClN6O3. The van der Waals surface area contributed by atoms with Crippen molar-refractivity contribution in [3.8, 4) is 17.1 Å². The first-order chi connectivity index (χ1) is 15.4. The number of nitrogens with zero attached hydrogens (tertiary/aromatic N) is 5. The molecule has 2 amide bonds. The van der Waals surface area contributed by atoms with Gasteiger partial charge in [-0.15, -0.1) is 10.2 Å². The third kappa shape index (κ3) is 3.37. The maximum Gasteiger partial charge on any atom is 0.323 e. The van der Waals surface area contributed by atoms with Gasteiger partial charge in [0.05, 0.1) is 24.5 Å². The zero-order valence-corrected chi connectivity index (χ0v) is 18.8. The number of methoxy groups -OCH3 is 1. The quantitative estimate of drug-likeness (QED) is 0.621. The van der Waals surface area contributed by atoms with Gasteiger partial charge in [-0.25, -0.2) is 14.8 Å². The first-order valence-electron chi connectivity index (χ1n) is 10.5. The molecule has 2 saturated heterocycles. The first-order valence-corrected chi connectivity index (χ1v) is 10.8. The predicted molar refractivity (Wildman–Crippen MR) is 117 cm³/mol. The van der Waals surface area contributed by atoms with Crippen LogP contribution in [0.3, 0.4) is 0 Å². The highest BCUT2D eigenvalue weighted by Gasteiger charge is 2.62. The van der Waals surface area contributed by atoms with Gasteiger partial charge < -0.3 is 19.4 Å². The van der Waals surface area contributed by atoms with Crippen LogP contribution in [0.25, 0.3) is 11.4 Å². The summed E-state index contributed by atoms with van der Waals surface area (Å²) in [5, 5.41) is 11.7. The number of urea groups is 1. The molecule has 0 spiro atoms. The average Bonchev–Trinajstić information content (AvgIpc) is 3.21. The van der Waals surface area contributed by atoms with Crippen molar-refractivity contribution >= 4 is 23.3 Å². The summed E-state index contributed by atoms with van der Waals surface area (Å²) < 4.78 is 10.9. The molecular weight excluding hydrogens is 432 g/mol. The Morgan fingerprint density at radius 2 is 2.06 bits per heavy atom. The third-order valence-corrected chi connectivity index (χ3v) is 6.56. The number of hydrogen-bond acceptors (Lipinski definition) is 7. The van der Waals surface area contributed by atoms with Crippen molar-refractivity contribution in [1.82, 2.24) is 25.1 Å². The maximum atomic E-state index is 13.4. The highest BCUT2D eigenvalue weighted by molar-refractivity contribution is 6.33. The number of halogens is 1. The number of piperidine rings is 1. The number of aryl methyl sites for hydroxylation is 1. The van der Waals surface area contributed by atoms with Crippen molar-refractivity contribution in [2.45, 2.75) is 44.7 Å². The summed E-state index contributed by atoms with van der Waals surface area (Å²) in [6.07, 6.45) is 5.72. The summed E-state index contributed by atoms with van der Waals surface area (Å²) in [5.41, 5.74) is 0.664. The minimum absolute atomic E-state index is 0.141. The van der Waals surface area contributed by atoms with E-state index < -0.39 is 5.54 Å². The topological polar surface area (TPSA) is 106 Å². The molecule has 166 valence electrons. The summed E-state index contributed by atoms with van der Waals surface area (Å²) in [6.45, 7) is 3.95. The number of hydrogen-bond donors (Lipinski definition) is 1. The molecule has 2 aromatic heterocycles. The lowest BCUT2D eigenvalue weighted by molar-refractivity contribution is -0.110. The fraction of sp³-hybridized carbons (Fsp3) is 0.409. The highest BCUT2D eigenvalue weighted by Crippen LogP contribution is 2.55. The summed E-state index contributed by atoms with van der Waals surface area (Å²) in [6, 6.07) is 5.19. The Hall–Kier alpha value is -3.20. The van der Waals surface area contributed by atoms with Gasteiger partial charge in [0.2, 0.25) is 11.8 Å². The van der Waals surface area contributed by atoms with Gasteiger partial charge >= 0.3 is 6.03 Å². The van der Waals surface area contributed by atoms with Crippen LogP contribution in [-0.4, -0.2) is 44.2 Å². The van der Waals surface area contributed by atoms with Gasteiger partial charge in [-0.05, 0) is 37.0 Å². The first kappa shape index (κ1) is 20.7. The van der Waals surface area contributed by atoms with E-state index in [9.17, 15) is 4.79 Å². The molecule has 2 bridgehead atoms. The van der Waals surface area contributed by atoms with Crippen molar-refractivity contribution in [1.29, 1.82) is 0 Å². The molecule has 0 radical (unpaired) electrons. The Kier molecular flexibility index (Phi) is 5.00. The minimum atomic E-state index is -0.554. The van der Waals surface area contributed by atoms with E-state index in [-0.39, 0.29) is 12.1 Å². The number of benzene rings is 1. The number of fused-ring (bicyclic) bond motifs is 2. The molecule has 4 heterocycles. The van der Waals surface area contributed by atoms with Crippen molar-refractivity contribution in [3.05, 3.63) is 47.4 Å². The molecule has 1 N–H and O–H groups in total. The molecule has 3 atom stereocenters. The number of ether oxygens (including phenoxy) is 1. The van der Waals surface area contributed by atoms with Crippen molar-refractivity contribution in [2.24, 2.45) is 5.92 Å². The van der Waals surface area contributed by atoms with Crippen molar-refractivity contribution in [3.63, 3.8) is 0 Å². The second-order valence-electron chi connectivity index (χ2n) is 8.50. The van der Waals surface area contributed by atoms with Crippen LogP contribution in [-0.2, 0) is 5.54 Å². The van der Waals surface area contributed by atoms with Crippen LogP contribution in [0.1, 0.15) is 38.0 Å². The Morgan fingerprint density at radius 1 is 1.28 bits per heavy atom. The Bertz CT molecular complexity index is 1170. The second kappa shape index (κ2) is 7.74. The normalized spacial score (nSPS) is 24.1. The number of nitrogens with one attached hydrogen (secondary N) is 1. The van der Waals surface area contributed by atoms with Crippen LogP contribution in [0, 0.1) is 12.8 Å². The van der Waals surface area contributed by atoms with Crippen LogP contribution in [0.2, 0.25) is 5.02 Å². The second-order valence-corrected chi connectivity index (χ2v) is 8.91. The van der Waals surface area contributed by atoms with Gasteiger partial charge in [0.1, 0.15) is 5.54 Å². The number of carbonyl (C=O) groups is 1. The van der Waals surface area contributed by atoms with Gasteiger partial charge in [-0.1, -0.05) is 18.5 Å². The molecule has 9 nitrogen and oxygen atoms in total. The van der Waals surface area contributed by atoms with Gasteiger partial charge in [0, 0.05) is 30.6 Å². The molecule has 0 unspecified atom stereocenters. The van der Waals surface area contributed by atoms with Crippen molar-refractivity contribution in [2.75, 3.05) is 12.4 Å². The van der Waals surface area contributed by atoms with E-state index in [0.29, 0.717) is 45.5 Å². The Balaban J connectivity index is 1.41. The molecule has 2 fully saturated rings. The largest absolute Gasteiger partial charge is 0.494 e. The SMILES string of the molecule is COc1cnc(-c2cc(NC(=O)N3[C@H]4C[C@H](C)C[C@]3(c3nnc(C)o3)C4)ccc2Cl)nc1. The lowest BCUT2D eigenvalue weighted by atomic mass is 9.64. The predicted octanol–water partition coefficient (Wildman–Crippen LogP) is 4.43. The van der Waals surface area contributed by atoms with Gasteiger partial charge in [0.15, 0.2) is 11.6 Å². The lowest BCUT2D eigenvalue weighted by Crippen LogP contribution is -2.70. The summed E-state index contributed by atoms with van der Waals surface area (Å²) >= 11 is 6.38. The van der Waals surface area contributed by atoms with E-state index in [2.05, 4.69) is 32.4 Å². The molecule has 1 aromatic carbocycles. The molecule has 3 aromatic rings. The Labute approximate surface area is 190 Å². The number of rotatable bonds is 4. The van der Waals surface area contributed by atoms with Crippen LogP contribution in [0.5, 0.6) is 5.75 Å². The van der Waals surface area contributed by atoms with Crippen LogP contribution >= 0.6 is 11.6 Å². The molecule has 0 aliphatic carbocycles. The summed E-state index contributed by atoms with van der Waals surface area (Å²) in [7, 11) is 1.55. The maximum absolute atomic E-state index is 13.4. The minimum Gasteiger partial charge on any atom is -0.494 e. The van der Waals surface area contributed by atoms with Gasteiger partial charge in [-0.3, -0.25) is 0 Å². The van der Waals surface area contributed by atoms with Crippen LogP contribution in [0.15, 0.2) is 35.0 Å². The van der Waals surface area contributed by atoms with E-state index in [0.717, 1.165) is 19.3 Å². The highest BCUT2D eigenvalue weighted by atomic mass is 35.5. The molecule has 2 aliphatic rings. The fourth-order valence-electron chi connectivity index (χ4n) is 4.95. The molecule has 0 saturated carbocycles. The van der Waals surface area contributed by atoms with Gasteiger partial charge in [0.25, 0.3) is 0 Å². The van der Waals surface area contributed by atoms with E-state index >= 15 is 0 Å². The van der Waals surface area contributed by atoms with Crippen LogP contribution in [0.4, 0.5) is 10.5 Å². The number of anilines is 1. The smallest absolute Gasteiger partial charge is 0.323 e. The van der Waals surface area contributed by atoms with E-state index in [1.54, 1.807) is 44.6 Å². The van der Waals surface area contributed by atoms with Crippen molar-refractivity contribution < 1.29 is 13.9 Å². The molecule has 10 heteroatoms. The average molecular weight is 455 g/mol. The van der Waals surface area contributed by atoms with E-state index in [1.165, 1.54) is 0 Å². The lowest BCUT2D eigenvalue weighted by Gasteiger charge is -2.61. The van der Waals surface area contributed by atoms with Crippen LogP contribution < -0.4 is 10.1 Å². The zero-order chi connectivity index (χ0) is 22.5. The number of carbonyl (C=O) groups excluding carboxylic acids is 1. The molecule has 2 aliphatic heterocycles. The van der Waals surface area contributed by atoms with E-state index in [1.807, 2.05) is 4.90 Å². The number of aromatic nitrogens is 4. The van der Waals surface area contributed by atoms with Gasteiger partial charge in [-0.2, -0.15) is 0 Å². The standard InChI is InChI=1S/C22H23ClN6O3/c1-12-6-15-9-22(8-12,20-28-27-13(2)32-20)29(15)21(30)26-14-4-5-18(23)17(7-14)19-24-10-16(31-3)11-25-19/h4-5,7,10-12,15H,6,8-9H2,1-3H3,(H,26,30)/t12-,15-,22+/m0/s1. The molecule has 32 heavy (non-hydrogen) atoms. The van der Waals surface area contributed by atoms with E-state index in [4.69, 9.17) is 20.8 Å². The fourth-order valence-corrected chi connectivity index (χ4v) is 5.15. The third-order valence-electron chi connectivity index (χ3n) is 6.23. The monoisotopic (exact) mass is 454 g/mol. The summed E-state index contributed by atoms with van der Waals surface area (Å²) in [4.78, 5) is 23.8.